The summed E-state index contributed by atoms with van der Waals surface area (Å²) in [5, 5.41) is 23.4. The number of aliphatic hydroxyl groups excluding tert-OH is 2. The van der Waals surface area contributed by atoms with Gasteiger partial charge in [-0.15, -0.1) is 0 Å². The number of rotatable bonds is 8. The number of methoxy groups -OCH3 is 1. The molecule has 0 amide bonds. The highest BCUT2D eigenvalue weighted by Gasteiger charge is 2.69. The van der Waals surface area contributed by atoms with Crippen LogP contribution in [0.2, 0.25) is 0 Å². The predicted octanol–water partition coefficient (Wildman–Crippen LogP) is 8.88. The van der Waals surface area contributed by atoms with Gasteiger partial charge in [-0.3, -0.25) is 4.79 Å². The van der Waals surface area contributed by atoms with E-state index in [4.69, 9.17) is 23.7 Å². The van der Waals surface area contributed by atoms with Crippen molar-refractivity contribution < 1.29 is 48.3 Å². The number of fused-ring (bicyclic) bond motifs is 7. The standard InChI is InChI=1S/C51H68O10/c1-46(2)25-27-51(45(56)57-8)28-26-49(6)33(34(51)29-46)19-20-37-48(5)23-22-38(47(3,4)36(48)21-24-50(37,49)7)60-44-40(53)41(61-43(55)32-17-13-10-14-18-32)39(52)35(59-44)30-58-42(54)31-15-11-9-12-16-31/h9-19,34-41,44,52-53H,20-30H2,1-8H3/t34-,35+,36-,37+,38-,39+,40+,41-,44-,48-,49+,50+,51-/m0/s1. The van der Waals surface area contributed by atoms with E-state index in [-0.39, 0.29) is 57.2 Å². The summed E-state index contributed by atoms with van der Waals surface area (Å²) >= 11 is 0. The van der Waals surface area contributed by atoms with Gasteiger partial charge in [0.15, 0.2) is 12.4 Å². The molecular weight excluding hydrogens is 773 g/mol. The van der Waals surface area contributed by atoms with Gasteiger partial charge in [0.05, 0.1) is 29.8 Å². The van der Waals surface area contributed by atoms with Crippen molar-refractivity contribution in [3.8, 4) is 0 Å². The first-order chi connectivity index (χ1) is 28.8. The van der Waals surface area contributed by atoms with Crippen LogP contribution in [0.4, 0.5) is 0 Å². The van der Waals surface area contributed by atoms with Crippen LogP contribution in [-0.4, -0.2) is 78.6 Å². The van der Waals surface area contributed by atoms with Crippen LogP contribution in [-0.2, 0) is 28.5 Å². The molecule has 1 aliphatic heterocycles. The molecule has 4 saturated carbocycles. The lowest BCUT2D eigenvalue weighted by molar-refractivity contribution is -0.329. The Bertz CT molecular complexity index is 2000. The van der Waals surface area contributed by atoms with Crippen LogP contribution in [0.5, 0.6) is 0 Å². The van der Waals surface area contributed by atoms with Gasteiger partial charge in [-0.25, -0.2) is 9.59 Å². The normalized spacial score (nSPS) is 41.0. The fraction of sp³-hybridized carbons (Fsp3) is 0.667. The summed E-state index contributed by atoms with van der Waals surface area (Å²) in [4.78, 5) is 40.0. The molecule has 0 spiro atoms. The molecular formula is C51H68O10. The third-order valence-electron chi connectivity index (χ3n) is 17.7. The van der Waals surface area contributed by atoms with Gasteiger partial charge in [-0.1, -0.05) is 96.5 Å². The van der Waals surface area contributed by atoms with E-state index in [1.54, 1.807) is 67.8 Å². The van der Waals surface area contributed by atoms with E-state index in [2.05, 4.69) is 54.5 Å². The fourth-order valence-corrected chi connectivity index (χ4v) is 14.1. The van der Waals surface area contributed by atoms with E-state index in [1.165, 1.54) is 5.57 Å². The lowest BCUT2D eigenvalue weighted by Crippen LogP contribution is -2.66. The molecule has 5 aliphatic carbocycles. The van der Waals surface area contributed by atoms with Gasteiger partial charge in [0.1, 0.15) is 24.9 Å². The number of ether oxygens (including phenoxy) is 5. The Hall–Kier alpha value is -3.57. The topological polar surface area (TPSA) is 138 Å². The van der Waals surface area contributed by atoms with Crippen LogP contribution in [0.25, 0.3) is 0 Å². The minimum Gasteiger partial charge on any atom is -0.469 e. The first-order valence-electron chi connectivity index (χ1n) is 22.8. The Balaban J connectivity index is 1.04. The van der Waals surface area contributed by atoms with Crippen molar-refractivity contribution in [1.29, 1.82) is 0 Å². The second-order valence-electron chi connectivity index (χ2n) is 21.6. The molecule has 0 unspecified atom stereocenters. The van der Waals surface area contributed by atoms with E-state index >= 15 is 0 Å². The van der Waals surface area contributed by atoms with E-state index in [1.807, 2.05) is 0 Å². The van der Waals surface area contributed by atoms with Crippen molar-refractivity contribution in [2.45, 2.75) is 149 Å². The Morgan fingerprint density at radius 1 is 0.754 bits per heavy atom. The average molecular weight is 841 g/mol. The molecule has 13 atom stereocenters. The number of aliphatic hydroxyl groups is 2. The molecule has 8 rings (SSSR count). The molecule has 10 heteroatoms. The predicted molar refractivity (Wildman–Crippen MR) is 229 cm³/mol. The number of carbonyl (C=O) groups is 3. The molecule has 0 aromatic heterocycles. The van der Waals surface area contributed by atoms with Crippen LogP contribution < -0.4 is 0 Å². The zero-order chi connectivity index (χ0) is 43.8. The molecule has 6 aliphatic rings. The van der Waals surface area contributed by atoms with E-state index in [9.17, 15) is 24.6 Å². The maximum atomic E-state index is 13.7. The van der Waals surface area contributed by atoms with Gasteiger partial charge in [-0.2, -0.15) is 0 Å². The maximum Gasteiger partial charge on any atom is 0.338 e. The molecule has 1 heterocycles. The third-order valence-corrected chi connectivity index (χ3v) is 17.7. The molecule has 2 aromatic rings. The highest BCUT2D eigenvalue weighted by atomic mass is 16.7. The van der Waals surface area contributed by atoms with Crippen LogP contribution in [0.1, 0.15) is 133 Å². The molecule has 1 saturated heterocycles. The SMILES string of the molecule is COC(=O)[C@]12CCC(C)(C)C[C@H]1C1=CC[C@@H]3[C@@]4(C)CC[C@H](O[C@@H]5O[C@H](COC(=O)c6ccccc6)[C@@H](O)[C@H](OC(=O)c6ccccc6)[C@H]5O)C(C)(C)[C@@H]4CC[C@@]3(C)[C@]1(C)CC2. The molecule has 2 aromatic carbocycles. The van der Waals surface area contributed by atoms with E-state index in [0.717, 1.165) is 64.2 Å². The second-order valence-corrected chi connectivity index (χ2v) is 21.6. The molecule has 0 bridgehead atoms. The van der Waals surface area contributed by atoms with Crippen molar-refractivity contribution in [2.75, 3.05) is 13.7 Å². The Morgan fingerprint density at radius 3 is 2.05 bits per heavy atom. The Labute approximate surface area is 362 Å². The number of esters is 3. The van der Waals surface area contributed by atoms with E-state index < -0.39 is 48.1 Å². The van der Waals surface area contributed by atoms with Crippen molar-refractivity contribution in [2.24, 2.45) is 50.2 Å². The number of hydrogen-bond acceptors (Lipinski definition) is 10. The number of carbonyl (C=O) groups excluding carboxylic acids is 3. The molecule has 10 nitrogen and oxygen atoms in total. The molecule has 2 N–H and O–H groups in total. The van der Waals surface area contributed by atoms with Crippen LogP contribution in [0.3, 0.4) is 0 Å². The quantitative estimate of drug-likeness (QED) is 0.115. The summed E-state index contributed by atoms with van der Waals surface area (Å²) in [6.45, 7) is 16.5. The minimum atomic E-state index is -1.52. The summed E-state index contributed by atoms with van der Waals surface area (Å²) in [7, 11) is 1.56. The zero-order valence-corrected chi connectivity index (χ0v) is 37.5. The average Bonchev–Trinajstić information content (AvgIpc) is 3.23. The Morgan fingerprint density at radius 2 is 1.39 bits per heavy atom. The second kappa shape index (κ2) is 15.9. The van der Waals surface area contributed by atoms with Gasteiger partial charge in [-0.05, 0) is 133 Å². The lowest BCUT2D eigenvalue weighted by Gasteiger charge is -2.71. The van der Waals surface area contributed by atoms with Crippen LogP contribution in [0, 0.1) is 50.2 Å². The van der Waals surface area contributed by atoms with Crippen molar-refractivity contribution in [1.82, 2.24) is 0 Å². The molecule has 332 valence electrons. The largest absolute Gasteiger partial charge is 0.469 e. The zero-order valence-electron chi connectivity index (χ0n) is 37.5. The summed E-state index contributed by atoms with van der Waals surface area (Å²) in [5.41, 5.74) is 1.49. The van der Waals surface area contributed by atoms with Gasteiger partial charge >= 0.3 is 17.9 Å². The van der Waals surface area contributed by atoms with Crippen LogP contribution >= 0.6 is 0 Å². The number of allylic oxidation sites excluding steroid dienone is 2. The minimum absolute atomic E-state index is 0.00568. The van der Waals surface area contributed by atoms with Gasteiger partial charge < -0.3 is 33.9 Å². The molecule has 5 fully saturated rings. The van der Waals surface area contributed by atoms with Gasteiger partial charge in [0.2, 0.25) is 0 Å². The van der Waals surface area contributed by atoms with Crippen molar-refractivity contribution >= 4 is 17.9 Å². The monoisotopic (exact) mass is 840 g/mol. The van der Waals surface area contributed by atoms with Crippen molar-refractivity contribution in [3.05, 3.63) is 83.4 Å². The summed E-state index contributed by atoms with van der Waals surface area (Å²) in [6, 6.07) is 17.0. The Kier molecular flexibility index (Phi) is 11.5. The summed E-state index contributed by atoms with van der Waals surface area (Å²) < 4.78 is 30.2. The maximum absolute atomic E-state index is 13.7. The van der Waals surface area contributed by atoms with Gasteiger partial charge in [0, 0.05) is 0 Å². The first kappa shape index (κ1) is 44.1. The fourth-order valence-electron chi connectivity index (χ4n) is 14.1. The smallest absolute Gasteiger partial charge is 0.338 e. The molecule has 0 radical (unpaired) electrons. The number of hydrogen-bond donors (Lipinski definition) is 2. The summed E-state index contributed by atoms with van der Waals surface area (Å²) in [5.74, 6) is -0.418. The van der Waals surface area contributed by atoms with Crippen LogP contribution in [0.15, 0.2) is 72.3 Å². The summed E-state index contributed by atoms with van der Waals surface area (Å²) in [6.07, 6.45) is 4.86. The van der Waals surface area contributed by atoms with Gasteiger partial charge in [0.25, 0.3) is 0 Å². The third kappa shape index (κ3) is 7.20. The number of benzene rings is 2. The highest BCUT2D eigenvalue weighted by Crippen LogP contribution is 2.76. The highest BCUT2D eigenvalue weighted by molar-refractivity contribution is 5.90. The van der Waals surface area contributed by atoms with E-state index in [0.29, 0.717) is 17.4 Å². The van der Waals surface area contributed by atoms with Crippen molar-refractivity contribution in [3.63, 3.8) is 0 Å². The molecule has 61 heavy (non-hydrogen) atoms. The lowest BCUT2D eigenvalue weighted by atomic mass is 9.33. The first-order valence-corrected chi connectivity index (χ1v) is 22.8.